The van der Waals surface area contributed by atoms with E-state index in [1.165, 1.54) is 30.6 Å². The molecule has 0 aliphatic heterocycles. The Kier molecular flexibility index (Phi) is 4.24. The number of nitrogens with zero attached hydrogens (tertiary/aromatic N) is 1. The lowest BCUT2D eigenvalue weighted by Gasteiger charge is -2.08. The molecular formula is C15H22N2O2S. The second-order valence-electron chi connectivity index (χ2n) is 5.68. The summed E-state index contributed by atoms with van der Waals surface area (Å²) in [6, 6.07) is 0. The van der Waals surface area contributed by atoms with E-state index in [1.807, 2.05) is 6.92 Å². The maximum absolute atomic E-state index is 11.9. The number of rotatable bonds is 7. The number of esters is 1. The van der Waals surface area contributed by atoms with Crippen LogP contribution in [0.1, 0.15) is 55.5 Å². The Balaban J connectivity index is 1.53. The van der Waals surface area contributed by atoms with E-state index < -0.39 is 0 Å². The maximum atomic E-state index is 11.9. The fourth-order valence-electron chi connectivity index (χ4n) is 2.77. The highest BCUT2D eigenvalue weighted by molar-refractivity contribution is 7.15. The Hall–Kier alpha value is -1.10. The Morgan fingerprint density at radius 1 is 1.45 bits per heavy atom. The SMILES string of the molecule is CCOC(=O)C1CCc2sc(NCCCC3CC3)nc21. The number of carbonyl (C=O) groups excluding carboxylic acids is 1. The zero-order chi connectivity index (χ0) is 13.9. The summed E-state index contributed by atoms with van der Waals surface area (Å²) >= 11 is 1.71. The van der Waals surface area contributed by atoms with Crippen LogP contribution in [0.2, 0.25) is 0 Å². The molecule has 0 amide bonds. The van der Waals surface area contributed by atoms with Crippen molar-refractivity contribution in [3.05, 3.63) is 10.6 Å². The van der Waals surface area contributed by atoms with E-state index in [-0.39, 0.29) is 11.9 Å². The van der Waals surface area contributed by atoms with E-state index in [2.05, 4.69) is 10.3 Å². The van der Waals surface area contributed by atoms with Crippen LogP contribution in [-0.4, -0.2) is 24.1 Å². The van der Waals surface area contributed by atoms with Gasteiger partial charge in [-0.2, -0.15) is 0 Å². The molecule has 4 nitrogen and oxygen atoms in total. The van der Waals surface area contributed by atoms with Gasteiger partial charge < -0.3 is 10.1 Å². The van der Waals surface area contributed by atoms with Gasteiger partial charge in [-0.15, -0.1) is 11.3 Å². The van der Waals surface area contributed by atoms with Crippen molar-refractivity contribution < 1.29 is 9.53 Å². The first-order valence-corrected chi connectivity index (χ1v) is 8.49. The normalized spacial score (nSPS) is 20.8. The van der Waals surface area contributed by atoms with Gasteiger partial charge >= 0.3 is 5.97 Å². The number of anilines is 1. The van der Waals surface area contributed by atoms with Crippen LogP contribution in [-0.2, 0) is 16.0 Å². The fraction of sp³-hybridized carbons (Fsp3) is 0.733. The third-order valence-corrected chi connectivity index (χ3v) is 5.14. The largest absolute Gasteiger partial charge is 0.465 e. The van der Waals surface area contributed by atoms with Crippen molar-refractivity contribution in [2.75, 3.05) is 18.5 Å². The van der Waals surface area contributed by atoms with E-state index in [1.54, 1.807) is 11.3 Å². The molecule has 5 heteroatoms. The lowest BCUT2D eigenvalue weighted by molar-refractivity contribution is -0.145. The third-order valence-electron chi connectivity index (χ3n) is 4.05. The van der Waals surface area contributed by atoms with Crippen LogP contribution in [0, 0.1) is 5.92 Å². The molecule has 1 aromatic rings. The molecule has 0 radical (unpaired) electrons. The highest BCUT2D eigenvalue weighted by Gasteiger charge is 2.33. The van der Waals surface area contributed by atoms with Gasteiger partial charge in [0.05, 0.1) is 12.3 Å². The highest BCUT2D eigenvalue weighted by Crippen LogP contribution is 2.39. The molecule has 20 heavy (non-hydrogen) atoms. The highest BCUT2D eigenvalue weighted by atomic mass is 32.1. The zero-order valence-corrected chi connectivity index (χ0v) is 12.8. The number of nitrogens with one attached hydrogen (secondary N) is 1. The predicted octanol–water partition coefficient (Wildman–Crippen LogP) is 3.34. The van der Waals surface area contributed by atoms with Crippen molar-refractivity contribution in [2.45, 2.75) is 51.4 Å². The number of ether oxygens (including phenoxy) is 1. The monoisotopic (exact) mass is 294 g/mol. The number of aromatic nitrogens is 1. The summed E-state index contributed by atoms with van der Waals surface area (Å²) in [5, 5.41) is 4.38. The van der Waals surface area contributed by atoms with Gasteiger partial charge in [-0.1, -0.05) is 12.8 Å². The molecule has 1 fully saturated rings. The molecule has 110 valence electrons. The van der Waals surface area contributed by atoms with E-state index >= 15 is 0 Å². The summed E-state index contributed by atoms with van der Waals surface area (Å²) in [5.74, 6) is 0.742. The summed E-state index contributed by atoms with van der Waals surface area (Å²) in [4.78, 5) is 17.8. The fourth-order valence-corrected chi connectivity index (χ4v) is 3.83. The molecule has 1 saturated carbocycles. The summed E-state index contributed by atoms with van der Waals surface area (Å²) in [5.41, 5.74) is 0.957. The summed E-state index contributed by atoms with van der Waals surface area (Å²) < 4.78 is 5.13. The van der Waals surface area contributed by atoms with E-state index in [9.17, 15) is 4.79 Å². The summed E-state index contributed by atoms with van der Waals surface area (Å²) in [6.07, 6.45) is 7.22. The second-order valence-corrected chi connectivity index (χ2v) is 6.77. The van der Waals surface area contributed by atoms with Gasteiger partial charge in [0.25, 0.3) is 0 Å². The van der Waals surface area contributed by atoms with Gasteiger partial charge in [0.15, 0.2) is 5.13 Å². The number of hydrogen-bond donors (Lipinski definition) is 1. The second kappa shape index (κ2) is 6.12. The van der Waals surface area contributed by atoms with Gasteiger partial charge in [-0.05, 0) is 38.5 Å². The standard InChI is InChI=1S/C15H22N2O2S/c1-2-19-14(18)11-7-8-12-13(11)17-15(20-12)16-9-3-4-10-5-6-10/h10-11H,2-9H2,1H3,(H,16,17). The number of hydrogen-bond acceptors (Lipinski definition) is 5. The van der Waals surface area contributed by atoms with Crippen LogP contribution < -0.4 is 5.32 Å². The molecule has 2 aliphatic rings. The molecule has 1 aromatic heterocycles. The van der Waals surface area contributed by atoms with Crippen LogP contribution in [0.15, 0.2) is 0 Å². The van der Waals surface area contributed by atoms with Crippen LogP contribution >= 0.6 is 11.3 Å². The van der Waals surface area contributed by atoms with Gasteiger partial charge in [-0.25, -0.2) is 4.98 Å². The average Bonchev–Trinajstić information content (AvgIpc) is 3.03. The number of fused-ring (bicyclic) bond motifs is 1. The van der Waals surface area contributed by atoms with E-state index in [4.69, 9.17) is 4.74 Å². The molecule has 1 N–H and O–H groups in total. The molecule has 0 bridgehead atoms. The molecule has 0 saturated heterocycles. The third kappa shape index (κ3) is 3.14. The molecule has 1 atom stereocenters. The van der Waals surface area contributed by atoms with Crippen LogP contribution in [0.3, 0.4) is 0 Å². The van der Waals surface area contributed by atoms with Gasteiger partial charge in [-0.3, -0.25) is 4.79 Å². The van der Waals surface area contributed by atoms with Crippen molar-refractivity contribution in [2.24, 2.45) is 5.92 Å². The molecule has 1 heterocycles. The molecule has 0 spiro atoms. The first-order valence-electron chi connectivity index (χ1n) is 7.68. The minimum Gasteiger partial charge on any atom is -0.465 e. The molecule has 3 rings (SSSR count). The topological polar surface area (TPSA) is 51.2 Å². The quantitative estimate of drug-likeness (QED) is 0.619. The number of aryl methyl sites for hydroxylation is 1. The van der Waals surface area contributed by atoms with Gasteiger partial charge in [0.2, 0.25) is 0 Å². The Labute approximate surface area is 123 Å². The van der Waals surface area contributed by atoms with Crippen molar-refractivity contribution >= 4 is 22.4 Å². The Bertz CT molecular complexity index is 482. The Morgan fingerprint density at radius 2 is 2.30 bits per heavy atom. The lowest BCUT2D eigenvalue weighted by atomic mass is 10.1. The predicted molar refractivity (Wildman–Crippen MR) is 80.3 cm³/mol. The van der Waals surface area contributed by atoms with E-state index in [0.29, 0.717) is 6.61 Å². The van der Waals surface area contributed by atoms with Crippen molar-refractivity contribution in [3.8, 4) is 0 Å². The molecule has 0 aromatic carbocycles. The lowest BCUT2D eigenvalue weighted by Crippen LogP contribution is -2.14. The van der Waals surface area contributed by atoms with Crippen molar-refractivity contribution in [1.82, 2.24) is 4.98 Å². The summed E-state index contributed by atoms with van der Waals surface area (Å²) in [6.45, 7) is 3.29. The van der Waals surface area contributed by atoms with Crippen LogP contribution in [0.5, 0.6) is 0 Å². The van der Waals surface area contributed by atoms with Gasteiger partial charge in [0, 0.05) is 11.4 Å². The number of carbonyl (C=O) groups is 1. The van der Waals surface area contributed by atoms with Crippen molar-refractivity contribution in [1.29, 1.82) is 0 Å². The minimum atomic E-state index is -0.136. The smallest absolute Gasteiger partial charge is 0.315 e. The van der Waals surface area contributed by atoms with Crippen LogP contribution in [0.4, 0.5) is 5.13 Å². The zero-order valence-electron chi connectivity index (χ0n) is 12.0. The van der Waals surface area contributed by atoms with E-state index in [0.717, 1.165) is 36.1 Å². The summed E-state index contributed by atoms with van der Waals surface area (Å²) in [7, 11) is 0. The van der Waals surface area contributed by atoms with Crippen LogP contribution in [0.25, 0.3) is 0 Å². The minimum absolute atomic E-state index is 0.114. The van der Waals surface area contributed by atoms with Crippen molar-refractivity contribution in [3.63, 3.8) is 0 Å². The van der Waals surface area contributed by atoms with Gasteiger partial charge in [0.1, 0.15) is 5.92 Å². The maximum Gasteiger partial charge on any atom is 0.315 e. The number of thiazole rings is 1. The molecule has 2 aliphatic carbocycles. The molecule has 1 unspecified atom stereocenters. The molecular weight excluding hydrogens is 272 g/mol. The first-order chi connectivity index (χ1) is 9.78. The average molecular weight is 294 g/mol. The first kappa shape index (κ1) is 13.9. The Morgan fingerprint density at radius 3 is 3.05 bits per heavy atom.